The smallest absolute Gasteiger partial charge is 0.339 e. The summed E-state index contributed by atoms with van der Waals surface area (Å²) in [6.45, 7) is 4.46. The van der Waals surface area contributed by atoms with E-state index in [0.29, 0.717) is 13.2 Å². The van der Waals surface area contributed by atoms with E-state index in [1.165, 1.54) is 12.3 Å². The van der Waals surface area contributed by atoms with Crippen molar-refractivity contribution in [3.8, 4) is 0 Å². The molecule has 1 rings (SSSR count). The number of aromatic amines is 1. The molecule has 6 nitrogen and oxygen atoms in total. The molecular weight excluding hydrogens is 248 g/mol. The molecule has 0 aromatic carbocycles. The van der Waals surface area contributed by atoms with Gasteiger partial charge in [0, 0.05) is 12.7 Å². The number of carbonyl (C=O) groups is 2. The topological polar surface area (TPSA) is 88.3 Å². The summed E-state index contributed by atoms with van der Waals surface area (Å²) in [5, 5.41) is 2.51. The lowest BCUT2D eigenvalue weighted by Gasteiger charge is -2.05. The quantitative estimate of drug-likeness (QED) is 0.595. The number of nitrogens with one attached hydrogen (secondary N) is 2. The van der Waals surface area contributed by atoms with Crippen LogP contribution in [-0.2, 0) is 4.74 Å². The van der Waals surface area contributed by atoms with Crippen molar-refractivity contribution in [2.75, 3.05) is 13.2 Å². The Balaban J connectivity index is 2.86. The maximum absolute atomic E-state index is 11.7. The van der Waals surface area contributed by atoms with E-state index in [1.54, 1.807) is 6.92 Å². The molecule has 0 atom stereocenters. The Labute approximate surface area is 111 Å². The van der Waals surface area contributed by atoms with Gasteiger partial charge in [-0.05, 0) is 19.4 Å². The number of ether oxygens (including phenoxy) is 1. The highest BCUT2D eigenvalue weighted by Crippen LogP contribution is 2.02. The lowest BCUT2D eigenvalue weighted by Crippen LogP contribution is -2.29. The highest BCUT2D eigenvalue weighted by atomic mass is 16.5. The number of rotatable bonds is 6. The summed E-state index contributed by atoms with van der Waals surface area (Å²) >= 11 is 0. The molecule has 0 aliphatic rings. The van der Waals surface area contributed by atoms with E-state index in [2.05, 4.69) is 10.3 Å². The van der Waals surface area contributed by atoms with Crippen molar-refractivity contribution in [1.82, 2.24) is 10.3 Å². The molecule has 0 saturated heterocycles. The molecule has 0 aliphatic carbocycles. The van der Waals surface area contributed by atoms with Crippen molar-refractivity contribution in [1.29, 1.82) is 0 Å². The number of hydrogen-bond acceptors (Lipinski definition) is 4. The fraction of sp³-hybridized carbons (Fsp3) is 0.462. The van der Waals surface area contributed by atoms with Crippen LogP contribution in [0.1, 0.15) is 47.4 Å². The summed E-state index contributed by atoms with van der Waals surface area (Å²) in [5.41, 5.74) is -0.459. The van der Waals surface area contributed by atoms with E-state index in [4.69, 9.17) is 4.74 Å². The van der Waals surface area contributed by atoms with Crippen LogP contribution in [0.4, 0.5) is 0 Å². The molecule has 2 N–H and O–H groups in total. The predicted octanol–water partition coefficient (Wildman–Crippen LogP) is 1.08. The zero-order chi connectivity index (χ0) is 14.3. The van der Waals surface area contributed by atoms with Gasteiger partial charge in [-0.15, -0.1) is 0 Å². The van der Waals surface area contributed by atoms with Crippen molar-refractivity contribution < 1.29 is 14.3 Å². The third-order valence-corrected chi connectivity index (χ3v) is 2.45. The van der Waals surface area contributed by atoms with Gasteiger partial charge in [0.1, 0.15) is 5.56 Å². The number of hydrogen-bond donors (Lipinski definition) is 2. The Hall–Kier alpha value is -2.11. The number of unbranched alkanes of at least 4 members (excludes halogenated alkanes) is 1. The van der Waals surface area contributed by atoms with Crippen LogP contribution in [0.15, 0.2) is 17.1 Å². The zero-order valence-electron chi connectivity index (χ0n) is 11.1. The number of aromatic nitrogens is 1. The molecule has 1 aromatic heterocycles. The standard InChI is InChI=1S/C13H18N2O4/c1-3-5-6-19-13(18)9-7-10(11(16)14-4-2)12(17)15-8-9/h7-8H,3-6H2,1-2H3,(H,14,16)(H,15,17). The molecule has 1 heterocycles. The van der Waals surface area contributed by atoms with E-state index < -0.39 is 17.4 Å². The number of amides is 1. The van der Waals surface area contributed by atoms with Gasteiger partial charge in [-0.3, -0.25) is 9.59 Å². The van der Waals surface area contributed by atoms with Crippen LogP contribution in [0.3, 0.4) is 0 Å². The van der Waals surface area contributed by atoms with Gasteiger partial charge in [-0.2, -0.15) is 0 Å². The molecule has 6 heteroatoms. The summed E-state index contributed by atoms with van der Waals surface area (Å²) in [4.78, 5) is 37.2. The summed E-state index contributed by atoms with van der Waals surface area (Å²) in [6.07, 6.45) is 2.95. The Morgan fingerprint density at radius 2 is 2.11 bits per heavy atom. The summed E-state index contributed by atoms with van der Waals surface area (Å²) in [5.74, 6) is -1.05. The third-order valence-electron chi connectivity index (χ3n) is 2.45. The van der Waals surface area contributed by atoms with E-state index in [9.17, 15) is 14.4 Å². The van der Waals surface area contributed by atoms with Crippen LogP contribution in [0, 0.1) is 0 Å². The van der Waals surface area contributed by atoms with Crippen molar-refractivity contribution >= 4 is 11.9 Å². The van der Waals surface area contributed by atoms with Crippen LogP contribution >= 0.6 is 0 Å². The van der Waals surface area contributed by atoms with Gasteiger partial charge < -0.3 is 15.0 Å². The van der Waals surface area contributed by atoms with Gasteiger partial charge in [-0.1, -0.05) is 13.3 Å². The minimum absolute atomic E-state index is 0.0909. The molecule has 0 radical (unpaired) electrons. The molecule has 19 heavy (non-hydrogen) atoms. The van der Waals surface area contributed by atoms with Gasteiger partial charge in [0.05, 0.1) is 12.2 Å². The van der Waals surface area contributed by atoms with E-state index >= 15 is 0 Å². The van der Waals surface area contributed by atoms with Crippen LogP contribution in [0.2, 0.25) is 0 Å². The Morgan fingerprint density at radius 1 is 1.37 bits per heavy atom. The Kier molecular flexibility index (Phi) is 5.78. The van der Waals surface area contributed by atoms with E-state index in [0.717, 1.165) is 12.8 Å². The fourth-order valence-corrected chi connectivity index (χ4v) is 1.42. The Morgan fingerprint density at radius 3 is 2.74 bits per heavy atom. The highest BCUT2D eigenvalue weighted by Gasteiger charge is 2.14. The van der Waals surface area contributed by atoms with Crippen LogP contribution in [0.25, 0.3) is 0 Å². The lowest BCUT2D eigenvalue weighted by atomic mass is 10.2. The molecular formula is C13H18N2O4. The summed E-state index contributed by atoms with van der Waals surface area (Å²) in [6, 6.07) is 1.25. The van der Waals surface area contributed by atoms with E-state index in [-0.39, 0.29) is 11.1 Å². The first kappa shape index (κ1) is 14.9. The van der Waals surface area contributed by atoms with Crippen LogP contribution in [-0.4, -0.2) is 30.0 Å². The van der Waals surface area contributed by atoms with Crippen molar-refractivity contribution in [3.63, 3.8) is 0 Å². The highest BCUT2D eigenvalue weighted by molar-refractivity contribution is 5.97. The summed E-state index contributed by atoms with van der Waals surface area (Å²) in [7, 11) is 0. The second-order valence-electron chi connectivity index (χ2n) is 3.98. The largest absolute Gasteiger partial charge is 0.462 e. The number of H-pyrrole nitrogens is 1. The zero-order valence-corrected chi connectivity index (χ0v) is 11.1. The van der Waals surface area contributed by atoms with Crippen LogP contribution < -0.4 is 10.9 Å². The first-order valence-corrected chi connectivity index (χ1v) is 6.28. The number of carbonyl (C=O) groups excluding carboxylic acids is 2. The first-order chi connectivity index (χ1) is 9.10. The monoisotopic (exact) mass is 266 g/mol. The molecule has 104 valence electrons. The maximum atomic E-state index is 11.7. The number of esters is 1. The molecule has 0 spiro atoms. The summed E-state index contributed by atoms with van der Waals surface area (Å²) < 4.78 is 5.01. The second kappa shape index (κ2) is 7.35. The molecule has 0 bridgehead atoms. The first-order valence-electron chi connectivity index (χ1n) is 6.28. The Bertz CT molecular complexity index is 508. The fourth-order valence-electron chi connectivity index (χ4n) is 1.42. The second-order valence-corrected chi connectivity index (χ2v) is 3.98. The molecule has 1 amide bonds. The van der Waals surface area contributed by atoms with Crippen LogP contribution in [0.5, 0.6) is 0 Å². The molecule has 0 aliphatic heterocycles. The minimum atomic E-state index is -0.546. The van der Waals surface area contributed by atoms with Gasteiger partial charge >= 0.3 is 5.97 Å². The lowest BCUT2D eigenvalue weighted by molar-refractivity contribution is 0.0499. The van der Waals surface area contributed by atoms with Gasteiger partial charge in [-0.25, -0.2) is 4.79 Å². The molecule has 1 aromatic rings. The minimum Gasteiger partial charge on any atom is -0.462 e. The third kappa shape index (κ3) is 4.24. The van der Waals surface area contributed by atoms with E-state index in [1.807, 2.05) is 6.92 Å². The SMILES string of the molecule is CCCCOC(=O)c1c[nH]c(=O)c(C(=O)NCC)c1. The molecule has 0 saturated carbocycles. The average molecular weight is 266 g/mol. The number of pyridine rings is 1. The van der Waals surface area contributed by atoms with Crippen molar-refractivity contribution in [2.45, 2.75) is 26.7 Å². The normalized spacial score (nSPS) is 10.0. The molecule has 0 fully saturated rings. The maximum Gasteiger partial charge on any atom is 0.339 e. The van der Waals surface area contributed by atoms with Crippen molar-refractivity contribution in [2.24, 2.45) is 0 Å². The van der Waals surface area contributed by atoms with Crippen molar-refractivity contribution in [3.05, 3.63) is 33.7 Å². The average Bonchev–Trinajstić information content (AvgIpc) is 2.39. The van der Waals surface area contributed by atoms with Gasteiger partial charge in [0.15, 0.2) is 0 Å². The molecule has 0 unspecified atom stereocenters. The van der Waals surface area contributed by atoms with Gasteiger partial charge in [0.2, 0.25) is 0 Å². The van der Waals surface area contributed by atoms with Gasteiger partial charge in [0.25, 0.3) is 11.5 Å². The predicted molar refractivity (Wildman–Crippen MR) is 70.3 cm³/mol.